The maximum atomic E-state index is 7.10. The molecule has 5 heterocycles. The third-order valence-electron chi connectivity index (χ3n) is 17.4. The van der Waals surface area contributed by atoms with E-state index in [4.69, 9.17) is 4.42 Å². The van der Waals surface area contributed by atoms with Crippen molar-refractivity contribution < 1.29 is 4.42 Å². The molecule has 0 atom stereocenters. The summed E-state index contributed by atoms with van der Waals surface area (Å²) < 4.78 is 12.4. The van der Waals surface area contributed by atoms with Gasteiger partial charge in [-0.05, 0) is 139 Å². The second-order valence-corrected chi connectivity index (χ2v) is 24.6. The first kappa shape index (κ1) is 39.4. The molecule has 0 saturated heterocycles. The molecule has 0 unspecified atom stereocenters. The largest absolute Gasteiger partial charge is 0.456 e. The van der Waals surface area contributed by atoms with Crippen LogP contribution in [0.3, 0.4) is 0 Å². The second-order valence-electron chi connectivity index (χ2n) is 23.5. The van der Waals surface area contributed by atoms with Crippen LogP contribution in [0.2, 0.25) is 0 Å². The highest BCUT2D eigenvalue weighted by Gasteiger charge is 2.47. The summed E-state index contributed by atoms with van der Waals surface area (Å²) in [5.74, 6) is 0. The van der Waals surface area contributed by atoms with Crippen LogP contribution in [0.4, 0.5) is 11.4 Å². The highest BCUT2D eigenvalue weighted by Crippen LogP contribution is 2.54. The van der Waals surface area contributed by atoms with Crippen LogP contribution in [0.15, 0.2) is 138 Å². The van der Waals surface area contributed by atoms with Crippen molar-refractivity contribution in [1.29, 1.82) is 0 Å². The van der Waals surface area contributed by atoms with Crippen LogP contribution in [0.1, 0.15) is 103 Å². The summed E-state index contributed by atoms with van der Waals surface area (Å²) in [6.07, 6.45) is 2.34. The molecule has 0 N–H and O–H groups in total. The minimum Gasteiger partial charge on any atom is -0.456 e. The van der Waals surface area contributed by atoms with Gasteiger partial charge in [-0.25, -0.2) is 0 Å². The van der Waals surface area contributed by atoms with E-state index in [2.05, 4.69) is 205 Å². The Morgan fingerprint density at radius 3 is 2.04 bits per heavy atom. The molecule has 330 valence electrons. The summed E-state index contributed by atoms with van der Waals surface area (Å²) >= 11 is 1.91. The Morgan fingerprint density at radius 1 is 0.529 bits per heavy atom. The van der Waals surface area contributed by atoms with E-state index in [1.807, 2.05) is 11.3 Å². The fraction of sp³-hybridized carbons (Fsp3) is 0.238. The summed E-state index contributed by atoms with van der Waals surface area (Å²) in [6.45, 7) is 21.4. The number of hydrogen-bond donors (Lipinski definition) is 0. The monoisotopic (exact) mass is 896 g/mol. The number of furan rings is 1. The number of benzene rings is 8. The molecule has 3 aromatic heterocycles. The molecule has 0 spiro atoms. The van der Waals surface area contributed by atoms with E-state index in [-0.39, 0.29) is 28.5 Å². The number of thiophene rings is 1. The third kappa shape index (κ3) is 4.91. The van der Waals surface area contributed by atoms with Crippen LogP contribution >= 0.6 is 11.3 Å². The molecule has 4 aliphatic rings. The number of anilines is 2. The predicted molar refractivity (Wildman–Crippen MR) is 292 cm³/mol. The van der Waals surface area contributed by atoms with Gasteiger partial charge in [-0.3, -0.25) is 0 Å². The quantitative estimate of drug-likeness (QED) is 0.153. The van der Waals surface area contributed by atoms with Gasteiger partial charge in [0.2, 0.25) is 0 Å². The van der Waals surface area contributed by atoms with Crippen molar-refractivity contribution in [3.05, 3.63) is 161 Å². The second kappa shape index (κ2) is 12.6. The van der Waals surface area contributed by atoms with E-state index < -0.39 is 0 Å². The number of rotatable bonds is 1. The summed E-state index contributed by atoms with van der Waals surface area (Å²) in [6, 6.07) is 52.4. The molecule has 0 radical (unpaired) electrons. The van der Waals surface area contributed by atoms with Crippen LogP contribution in [0.25, 0.3) is 91.9 Å². The molecule has 2 aliphatic carbocycles. The van der Waals surface area contributed by atoms with Crippen LogP contribution in [0, 0.1) is 0 Å². The Balaban J connectivity index is 1.09. The van der Waals surface area contributed by atoms with Crippen LogP contribution in [0.5, 0.6) is 0 Å². The van der Waals surface area contributed by atoms with Gasteiger partial charge >= 0.3 is 6.85 Å². The van der Waals surface area contributed by atoms with E-state index in [0.717, 1.165) is 11.2 Å². The van der Waals surface area contributed by atoms with Gasteiger partial charge < -0.3 is 13.8 Å². The molecule has 68 heavy (non-hydrogen) atoms. The van der Waals surface area contributed by atoms with Crippen molar-refractivity contribution in [3.63, 3.8) is 0 Å². The predicted octanol–water partition coefficient (Wildman–Crippen LogP) is 16.2. The lowest BCUT2D eigenvalue weighted by atomic mass is 9.43. The Labute approximate surface area is 402 Å². The molecule has 0 saturated carbocycles. The first-order valence-electron chi connectivity index (χ1n) is 24.7. The molecule has 3 nitrogen and oxygen atoms in total. The summed E-state index contributed by atoms with van der Waals surface area (Å²) in [5, 5.41) is 7.69. The Bertz CT molecular complexity index is 4110. The molecule has 0 fully saturated rings. The van der Waals surface area contributed by atoms with Gasteiger partial charge in [-0.15, -0.1) is 11.3 Å². The minimum atomic E-state index is -0.162. The zero-order valence-corrected chi connectivity index (χ0v) is 41.2. The van der Waals surface area contributed by atoms with Gasteiger partial charge in [0.25, 0.3) is 0 Å². The number of aromatic nitrogens is 1. The lowest BCUT2D eigenvalue weighted by Crippen LogP contribution is -2.60. The Morgan fingerprint density at radius 2 is 1.25 bits per heavy atom. The van der Waals surface area contributed by atoms with Crippen molar-refractivity contribution >= 4 is 104 Å². The van der Waals surface area contributed by atoms with Crippen LogP contribution < -0.4 is 15.7 Å². The Hall–Kier alpha value is -6.56. The summed E-state index contributed by atoms with van der Waals surface area (Å²) in [5.41, 5.74) is 23.2. The van der Waals surface area contributed by atoms with E-state index in [0.29, 0.717) is 0 Å². The van der Waals surface area contributed by atoms with Crippen molar-refractivity contribution in [2.45, 2.75) is 96.8 Å². The Kier molecular flexibility index (Phi) is 7.28. The molecule has 0 amide bonds. The fourth-order valence-electron chi connectivity index (χ4n) is 13.5. The van der Waals surface area contributed by atoms with Crippen molar-refractivity contribution in [2.24, 2.45) is 0 Å². The van der Waals surface area contributed by atoms with Gasteiger partial charge in [-0.1, -0.05) is 135 Å². The standard InChI is InChI=1S/C63H53BN2OS/c1-60(2,3)34-18-20-35(21-19-34)66-52-33-55-43(44-27-48-49(32-54(44)67-55)62(6,7)25-24-61(48,4)5)26-41(52)38-22-23-39-42-30-57-45(37-15-11-13-17-56(37)68-57)29-51(42)65-53-28-40-36-14-10-12-16-46(36)63(8,9)47(40)31-50(53)64(66)58(38)59(39)65/h10-23,26-33H,24-25H2,1-9H3. The zero-order valence-electron chi connectivity index (χ0n) is 40.4. The van der Waals surface area contributed by atoms with Crippen molar-refractivity contribution in [3.8, 4) is 27.9 Å². The number of hydrogen-bond acceptors (Lipinski definition) is 3. The molecule has 0 bridgehead atoms. The normalized spacial score (nSPS) is 17.1. The van der Waals surface area contributed by atoms with Crippen molar-refractivity contribution in [1.82, 2.24) is 4.57 Å². The maximum Gasteiger partial charge on any atom is 0.333 e. The lowest BCUT2D eigenvalue weighted by molar-refractivity contribution is 0.332. The highest BCUT2D eigenvalue weighted by molar-refractivity contribution is 7.25. The lowest BCUT2D eigenvalue weighted by Gasteiger charge is -2.42. The molecule has 8 aromatic carbocycles. The SMILES string of the molecule is CC(C)(C)c1ccc(N2B3c4cc5c(cc4-n4c6cc7c(cc6c6ccc(c3c64)-c3cc4c(cc32)oc2cc3c(cc24)C(C)(C)CCC3(C)C)sc2ccccc27)-c2ccccc2C5(C)C)cc1. The number of nitrogens with zero attached hydrogens (tertiary/aromatic N) is 2. The average molecular weight is 897 g/mol. The summed E-state index contributed by atoms with van der Waals surface area (Å²) in [4.78, 5) is 2.68. The highest BCUT2D eigenvalue weighted by atomic mass is 32.1. The molecule has 15 rings (SSSR count). The zero-order chi connectivity index (χ0) is 46.1. The van der Waals surface area contributed by atoms with Crippen LogP contribution in [-0.4, -0.2) is 11.4 Å². The van der Waals surface area contributed by atoms with E-state index >= 15 is 0 Å². The summed E-state index contributed by atoms with van der Waals surface area (Å²) in [7, 11) is 0. The van der Waals surface area contributed by atoms with Gasteiger partial charge in [0.05, 0.1) is 11.0 Å². The first-order chi connectivity index (χ1) is 32.6. The molecule has 5 heteroatoms. The fourth-order valence-corrected chi connectivity index (χ4v) is 14.7. The van der Waals surface area contributed by atoms with Crippen LogP contribution in [-0.2, 0) is 21.7 Å². The van der Waals surface area contributed by atoms with E-state index in [1.165, 1.54) is 144 Å². The molecular weight excluding hydrogens is 844 g/mol. The molecule has 11 aromatic rings. The van der Waals surface area contributed by atoms with Gasteiger partial charge in [-0.2, -0.15) is 0 Å². The van der Waals surface area contributed by atoms with Gasteiger partial charge in [0, 0.05) is 75.8 Å². The molecular formula is C63H53BN2OS. The van der Waals surface area contributed by atoms with E-state index in [9.17, 15) is 0 Å². The van der Waals surface area contributed by atoms with Gasteiger partial charge in [0.15, 0.2) is 0 Å². The van der Waals surface area contributed by atoms with Crippen molar-refractivity contribution in [2.75, 3.05) is 4.81 Å². The molecule has 2 aliphatic heterocycles. The van der Waals surface area contributed by atoms with Gasteiger partial charge in [0.1, 0.15) is 11.2 Å². The first-order valence-corrected chi connectivity index (χ1v) is 25.5. The maximum absolute atomic E-state index is 7.10. The number of fused-ring (bicyclic) bond motifs is 18. The topological polar surface area (TPSA) is 21.3 Å². The third-order valence-corrected chi connectivity index (χ3v) is 18.5. The smallest absolute Gasteiger partial charge is 0.333 e. The minimum absolute atomic E-state index is 0.0262. The van der Waals surface area contributed by atoms with E-state index in [1.54, 1.807) is 0 Å². The average Bonchev–Trinajstić information content (AvgIpc) is 4.03.